The summed E-state index contributed by atoms with van der Waals surface area (Å²) in [5.41, 5.74) is 2.12. The van der Waals surface area contributed by atoms with Crippen molar-refractivity contribution in [2.75, 3.05) is 31.5 Å². The monoisotopic (exact) mass is 419 g/mol. The number of halogens is 1. The molecule has 29 heavy (non-hydrogen) atoms. The number of nitrogens with one attached hydrogen (secondary N) is 1. The number of benzene rings is 2. The molecule has 1 saturated heterocycles. The molecule has 8 heteroatoms. The van der Waals surface area contributed by atoms with Gasteiger partial charge >= 0.3 is 0 Å². The van der Waals surface area contributed by atoms with E-state index in [9.17, 15) is 17.6 Å². The van der Waals surface area contributed by atoms with Crippen LogP contribution in [0.2, 0.25) is 0 Å². The first-order valence-corrected chi connectivity index (χ1v) is 11.0. The summed E-state index contributed by atoms with van der Waals surface area (Å²) in [6.45, 7) is 7.02. The van der Waals surface area contributed by atoms with Gasteiger partial charge in [0.05, 0.1) is 16.6 Å². The molecule has 1 fully saturated rings. The molecule has 2 aromatic carbocycles. The first-order valence-electron chi connectivity index (χ1n) is 9.57. The lowest BCUT2D eigenvalue weighted by molar-refractivity contribution is -0.121. The standard InChI is InChI=1S/C21H26FN3O3S/c1-15-8-9-18(14-16(15)2)29(27,28)25-12-10-24(11-13-25)17(3)21(26)23-20-7-5-4-6-19(20)22/h4-9,14,17H,10-13H2,1-3H3,(H,23,26). The average molecular weight is 420 g/mol. The number of rotatable bonds is 5. The third-order valence-corrected chi connectivity index (χ3v) is 7.34. The van der Waals surface area contributed by atoms with Gasteiger partial charge in [-0.1, -0.05) is 18.2 Å². The van der Waals surface area contributed by atoms with Crippen LogP contribution in [0.4, 0.5) is 10.1 Å². The van der Waals surface area contributed by atoms with Gasteiger partial charge in [-0.05, 0) is 56.2 Å². The Hall–Kier alpha value is -2.29. The number of anilines is 1. The van der Waals surface area contributed by atoms with Crippen molar-refractivity contribution < 1.29 is 17.6 Å². The van der Waals surface area contributed by atoms with E-state index < -0.39 is 21.9 Å². The summed E-state index contributed by atoms with van der Waals surface area (Å²) in [5, 5.41) is 2.60. The van der Waals surface area contributed by atoms with E-state index in [-0.39, 0.29) is 11.6 Å². The molecule has 0 aliphatic carbocycles. The number of carbonyl (C=O) groups is 1. The lowest BCUT2D eigenvalue weighted by Gasteiger charge is -2.36. The van der Waals surface area contributed by atoms with Crippen LogP contribution in [0, 0.1) is 19.7 Å². The van der Waals surface area contributed by atoms with Crippen molar-refractivity contribution in [3.8, 4) is 0 Å². The lowest BCUT2D eigenvalue weighted by atomic mass is 10.1. The zero-order chi connectivity index (χ0) is 21.2. The van der Waals surface area contributed by atoms with Crippen molar-refractivity contribution in [2.45, 2.75) is 31.7 Å². The molecule has 6 nitrogen and oxygen atoms in total. The Labute approximate surface area is 171 Å². The van der Waals surface area contributed by atoms with Crippen LogP contribution in [0.25, 0.3) is 0 Å². The molecule has 1 unspecified atom stereocenters. The number of carbonyl (C=O) groups excluding carboxylic acids is 1. The Bertz CT molecular complexity index is 1000. The predicted octanol–water partition coefficient (Wildman–Crippen LogP) is 2.78. The molecule has 0 spiro atoms. The van der Waals surface area contributed by atoms with Crippen molar-refractivity contribution in [1.29, 1.82) is 0 Å². The fourth-order valence-corrected chi connectivity index (χ4v) is 4.83. The molecule has 2 aromatic rings. The molecule has 1 atom stereocenters. The molecular weight excluding hydrogens is 393 g/mol. The van der Waals surface area contributed by atoms with Gasteiger partial charge in [0.15, 0.2) is 0 Å². The third-order valence-electron chi connectivity index (χ3n) is 5.45. The minimum Gasteiger partial charge on any atom is -0.322 e. The molecule has 1 N–H and O–H groups in total. The zero-order valence-electron chi connectivity index (χ0n) is 16.9. The van der Waals surface area contributed by atoms with Crippen LogP contribution in [0.15, 0.2) is 47.4 Å². The number of amides is 1. The topological polar surface area (TPSA) is 69.7 Å². The number of para-hydroxylation sites is 1. The van der Waals surface area contributed by atoms with Crippen molar-refractivity contribution in [2.24, 2.45) is 0 Å². The minimum absolute atomic E-state index is 0.139. The SMILES string of the molecule is Cc1ccc(S(=O)(=O)N2CCN(C(C)C(=O)Nc3ccccc3F)CC2)cc1C. The molecule has 0 bridgehead atoms. The second-order valence-electron chi connectivity index (χ2n) is 7.33. The summed E-state index contributed by atoms with van der Waals surface area (Å²) in [7, 11) is -3.57. The lowest BCUT2D eigenvalue weighted by Crippen LogP contribution is -2.53. The summed E-state index contributed by atoms with van der Waals surface area (Å²) in [6, 6.07) is 10.7. The van der Waals surface area contributed by atoms with Crippen LogP contribution in [0.5, 0.6) is 0 Å². The Balaban J connectivity index is 1.62. The van der Waals surface area contributed by atoms with Crippen LogP contribution in [-0.4, -0.2) is 55.8 Å². The molecule has 3 rings (SSSR count). The number of hydrogen-bond donors (Lipinski definition) is 1. The first kappa shape index (κ1) is 21.4. The molecule has 1 aliphatic heterocycles. The number of aryl methyl sites for hydroxylation is 2. The van der Waals surface area contributed by atoms with Gasteiger partial charge in [-0.15, -0.1) is 0 Å². The number of hydrogen-bond acceptors (Lipinski definition) is 4. The van der Waals surface area contributed by atoms with Gasteiger partial charge in [0, 0.05) is 26.2 Å². The highest BCUT2D eigenvalue weighted by Crippen LogP contribution is 2.21. The molecule has 1 amide bonds. The highest BCUT2D eigenvalue weighted by atomic mass is 32.2. The van der Waals surface area contributed by atoms with E-state index in [0.717, 1.165) is 11.1 Å². The number of sulfonamides is 1. The van der Waals surface area contributed by atoms with Crippen LogP contribution in [0.3, 0.4) is 0 Å². The van der Waals surface area contributed by atoms with E-state index >= 15 is 0 Å². The molecule has 0 aromatic heterocycles. The van der Waals surface area contributed by atoms with Gasteiger partial charge in [0.25, 0.3) is 0 Å². The van der Waals surface area contributed by atoms with Crippen molar-refractivity contribution in [3.63, 3.8) is 0 Å². The van der Waals surface area contributed by atoms with Crippen molar-refractivity contribution >= 4 is 21.6 Å². The van der Waals surface area contributed by atoms with E-state index in [1.165, 1.54) is 16.4 Å². The normalized spacial score (nSPS) is 17.1. The zero-order valence-corrected chi connectivity index (χ0v) is 17.7. The molecule has 1 heterocycles. The summed E-state index contributed by atoms with van der Waals surface area (Å²) >= 11 is 0. The maximum Gasteiger partial charge on any atom is 0.243 e. The Morgan fingerprint density at radius 3 is 2.31 bits per heavy atom. The second-order valence-corrected chi connectivity index (χ2v) is 9.27. The maximum atomic E-state index is 13.8. The summed E-state index contributed by atoms with van der Waals surface area (Å²) in [5.74, 6) is -0.807. The van der Waals surface area contributed by atoms with Crippen LogP contribution >= 0.6 is 0 Å². The second kappa shape index (κ2) is 8.61. The van der Waals surface area contributed by atoms with E-state index in [1.54, 1.807) is 31.2 Å². The summed E-state index contributed by atoms with van der Waals surface area (Å²) in [6.07, 6.45) is 0. The Kier molecular flexibility index (Phi) is 6.36. The molecule has 0 radical (unpaired) electrons. The number of nitrogens with zero attached hydrogens (tertiary/aromatic N) is 2. The van der Waals surface area contributed by atoms with Gasteiger partial charge in [0.2, 0.25) is 15.9 Å². The highest BCUT2D eigenvalue weighted by Gasteiger charge is 2.32. The fourth-order valence-electron chi connectivity index (χ4n) is 3.32. The van der Waals surface area contributed by atoms with E-state index in [2.05, 4.69) is 5.32 Å². The van der Waals surface area contributed by atoms with Crippen molar-refractivity contribution in [3.05, 3.63) is 59.4 Å². The van der Waals surface area contributed by atoms with Gasteiger partial charge in [-0.2, -0.15) is 4.31 Å². The fraction of sp³-hybridized carbons (Fsp3) is 0.381. The molecule has 156 valence electrons. The van der Waals surface area contributed by atoms with E-state index in [1.807, 2.05) is 24.8 Å². The van der Waals surface area contributed by atoms with Gasteiger partial charge in [0.1, 0.15) is 5.82 Å². The van der Waals surface area contributed by atoms with E-state index in [4.69, 9.17) is 0 Å². The highest BCUT2D eigenvalue weighted by molar-refractivity contribution is 7.89. The quantitative estimate of drug-likeness (QED) is 0.809. The van der Waals surface area contributed by atoms with Gasteiger partial charge < -0.3 is 5.32 Å². The smallest absolute Gasteiger partial charge is 0.243 e. The molecular formula is C21H26FN3O3S. The third kappa shape index (κ3) is 4.66. The largest absolute Gasteiger partial charge is 0.322 e. The van der Waals surface area contributed by atoms with Crippen LogP contribution < -0.4 is 5.32 Å². The maximum absolute atomic E-state index is 13.8. The molecule has 1 aliphatic rings. The Morgan fingerprint density at radius 2 is 1.69 bits per heavy atom. The summed E-state index contributed by atoms with van der Waals surface area (Å²) < 4.78 is 41.1. The van der Waals surface area contributed by atoms with Crippen LogP contribution in [-0.2, 0) is 14.8 Å². The molecule has 0 saturated carbocycles. The number of piperazine rings is 1. The van der Waals surface area contributed by atoms with Crippen molar-refractivity contribution in [1.82, 2.24) is 9.21 Å². The minimum atomic E-state index is -3.57. The first-order chi connectivity index (χ1) is 13.7. The van der Waals surface area contributed by atoms with Gasteiger partial charge in [-0.3, -0.25) is 9.69 Å². The predicted molar refractivity (Wildman–Crippen MR) is 111 cm³/mol. The average Bonchev–Trinajstić information content (AvgIpc) is 2.71. The van der Waals surface area contributed by atoms with Crippen LogP contribution in [0.1, 0.15) is 18.1 Å². The van der Waals surface area contributed by atoms with E-state index in [0.29, 0.717) is 31.1 Å². The summed E-state index contributed by atoms with van der Waals surface area (Å²) in [4.78, 5) is 14.7. The Morgan fingerprint density at radius 1 is 1.03 bits per heavy atom. The van der Waals surface area contributed by atoms with Gasteiger partial charge in [-0.25, -0.2) is 12.8 Å².